The van der Waals surface area contributed by atoms with Gasteiger partial charge in [-0.1, -0.05) is 28.1 Å². The smallest absolute Gasteiger partial charge is 0.256 e. The lowest BCUT2D eigenvalue weighted by Gasteiger charge is -2.08. The van der Waals surface area contributed by atoms with Crippen molar-refractivity contribution in [1.82, 2.24) is 0 Å². The quantitative estimate of drug-likeness (QED) is 0.560. The first-order valence-electron chi connectivity index (χ1n) is 5.85. The van der Waals surface area contributed by atoms with Crippen LogP contribution in [0.2, 0.25) is 0 Å². The van der Waals surface area contributed by atoms with Crippen molar-refractivity contribution in [2.45, 2.75) is 6.92 Å². The van der Waals surface area contributed by atoms with Gasteiger partial charge in [0, 0.05) is 19.3 Å². The van der Waals surface area contributed by atoms with Gasteiger partial charge in [-0.2, -0.15) is 0 Å². The number of carbonyl (C=O) groups excluding carboxylic acids is 2. The van der Waals surface area contributed by atoms with E-state index in [0.717, 1.165) is 8.04 Å². The standard InChI is InChI=1S/C15H11BrINO2/c1-9(19)10-3-2-4-12(7-10)18-15(20)13-8-11(16)5-6-14(13)17/h2-8H,1H3,(H,18,20). The van der Waals surface area contributed by atoms with Gasteiger partial charge in [0.15, 0.2) is 5.78 Å². The van der Waals surface area contributed by atoms with Gasteiger partial charge in [0.2, 0.25) is 0 Å². The molecule has 0 unspecified atom stereocenters. The lowest BCUT2D eigenvalue weighted by Crippen LogP contribution is -2.13. The molecule has 2 aromatic rings. The number of hydrogen-bond donors (Lipinski definition) is 1. The van der Waals surface area contributed by atoms with E-state index in [9.17, 15) is 9.59 Å². The zero-order valence-electron chi connectivity index (χ0n) is 10.6. The molecule has 0 aromatic heterocycles. The highest BCUT2D eigenvalue weighted by Gasteiger charge is 2.11. The van der Waals surface area contributed by atoms with Crippen LogP contribution in [0, 0.1) is 3.57 Å². The fourth-order valence-corrected chi connectivity index (χ4v) is 2.63. The van der Waals surface area contributed by atoms with E-state index in [2.05, 4.69) is 43.8 Å². The summed E-state index contributed by atoms with van der Waals surface area (Å²) < 4.78 is 1.71. The van der Waals surface area contributed by atoms with E-state index >= 15 is 0 Å². The lowest BCUT2D eigenvalue weighted by atomic mass is 10.1. The number of benzene rings is 2. The first kappa shape index (κ1) is 15.2. The SMILES string of the molecule is CC(=O)c1cccc(NC(=O)c2cc(Br)ccc2I)c1. The maximum Gasteiger partial charge on any atom is 0.256 e. The van der Waals surface area contributed by atoms with Crippen LogP contribution >= 0.6 is 38.5 Å². The Kier molecular flexibility index (Phi) is 4.93. The number of Topliss-reactive ketones (excluding diaryl/α,β-unsaturated/α-hetero) is 1. The fourth-order valence-electron chi connectivity index (χ4n) is 1.69. The van der Waals surface area contributed by atoms with Crippen molar-refractivity contribution < 1.29 is 9.59 Å². The van der Waals surface area contributed by atoms with Crippen LogP contribution < -0.4 is 5.32 Å². The van der Waals surface area contributed by atoms with E-state index in [4.69, 9.17) is 0 Å². The van der Waals surface area contributed by atoms with Crippen molar-refractivity contribution in [1.29, 1.82) is 0 Å². The van der Waals surface area contributed by atoms with E-state index in [1.807, 2.05) is 12.1 Å². The van der Waals surface area contributed by atoms with E-state index < -0.39 is 0 Å². The molecule has 0 spiro atoms. The zero-order chi connectivity index (χ0) is 14.7. The molecule has 0 radical (unpaired) electrons. The topological polar surface area (TPSA) is 46.2 Å². The van der Waals surface area contributed by atoms with Crippen LogP contribution in [-0.4, -0.2) is 11.7 Å². The summed E-state index contributed by atoms with van der Waals surface area (Å²) >= 11 is 5.47. The zero-order valence-corrected chi connectivity index (χ0v) is 14.4. The molecule has 20 heavy (non-hydrogen) atoms. The monoisotopic (exact) mass is 443 g/mol. The average molecular weight is 444 g/mol. The van der Waals surface area contributed by atoms with Crippen molar-refractivity contribution in [3.63, 3.8) is 0 Å². The van der Waals surface area contributed by atoms with E-state index in [0.29, 0.717) is 16.8 Å². The number of rotatable bonds is 3. The molecule has 5 heteroatoms. The third-order valence-electron chi connectivity index (χ3n) is 2.70. The van der Waals surface area contributed by atoms with E-state index in [1.54, 1.807) is 30.3 Å². The van der Waals surface area contributed by atoms with Crippen LogP contribution in [0.15, 0.2) is 46.9 Å². The Bertz CT molecular complexity index is 685. The van der Waals surface area contributed by atoms with Gasteiger partial charge in [0.05, 0.1) is 5.56 Å². The molecule has 0 saturated carbocycles. The molecular formula is C15H11BrINO2. The Morgan fingerprint density at radius 2 is 1.90 bits per heavy atom. The highest BCUT2D eigenvalue weighted by Crippen LogP contribution is 2.20. The van der Waals surface area contributed by atoms with Gasteiger partial charge in [-0.25, -0.2) is 0 Å². The number of ketones is 1. The Hall–Kier alpha value is -1.21. The molecule has 1 amide bonds. The summed E-state index contributed by atoms with van der Waals surface area (Å²) in [6.45, 7) is 1.50. The number of hydrogen-bond acceptors (Lipinski definition) is 2. The van der Waals surface area contributed by atoms with Crippen molar-refractivity contribution >= 4 is 55.9 Å². The first-order valence-corrected chi connectivity index (χ1v) is 7.72. The minimum absolute atomic E-state index is 0.0295. The second-order valence-corrected chi connectivity index (χ2v) is 6.29. The largest absolute Gasteiger partial charge is 0.322 e. The predicted molar refractivity (Wildman–Crippen MR) is 91.3 cm³/mol. The third-order valence-corrected chi connectivity index (χ3v) is 4.13. The molecule has 0 aliphatic rings. The summed E-state index contributed by atoms with van der Waals surface area (Å²) in [5, 5.41) is 2.80. The van der Waals surface area contributed by atoms with Crippen LogP contribution in [0.1, 0.15) is 27.6 Å². The summed E-state index contributed by atoms with van der Waals surface area (Å²) in [7, 11) is 0. The van der Waals surface area contributed by atoms with Crippen LogP contribution in [0.4, 0.5) is 5.69 Å². The normalized spacial score (nSPS) is 10.2. The molecule has 0 atom stereocenters. The number of amides is 1. The highest BCUT2D eigenvalue weighted by atomic mass is 127. The summed E-state index contributed by atoms with van der Waals surface area (Å²) in [5.41, 5.74) is 1.78. The van der Waals surface area contributed by atoms with Crippen molar-refractivity contribution in [3.05, 3.63) is 61.6 Å². The van der Waals surface area contributed by atoms with Gasteiger partial charge in [0.1, 0.15) is 0 Å². The van der Waals surface area contributed by atoms with Gasteiger partial charge in [-0.3, -0.25) is 9.59 Å². The number of anilines is 1. The molecule has 2 aromatic carbocycles. The number of carbonyl (C=O) groups is 2. The summed E-state index contributed by atoms with van der Waals surface area (Å²) in [6.07, 6.45) is 0. The van der Waals surface area contributed by atoms with Crippen LogP contribution in [0.3, 0.4) is 0 Å². The number of halogens is 2. The fraction of sp³-hybridized carbons (Fsp3) is 0.0667. The molecule has 3 nitrogen and oxygen atoms in total. The Labute approximate surface area is 139 Å². The average Bonchev–Trinajstić information content (AvgIpc) is 2.41. The summed E-state index contributed by atoms with van der Waals surface area (Å²) in [6, 6.07) is 12.4. The van der Waals surface area contributed by atoms with Gasteiger partial charge in [-0.05, 0) is 59.8 Å². The second kappa shape index (κ2) is 6.49. The lowest BCUT2D eigenvalue weighted by molar-refractivity contribution is 0.101. The molecule has 0 saturated heterocycles. The van der Waals surface area contributed by atoms with Gasteiger partial charge in [0.25, 0.3) is 5.91 Å². The van der Waals surface area contributed by atoms with Gasteiger partial charge >= 0.3 is 0 Å². The summed E-state index contributed by atoms with van der Waals surface area (Å²) in [4.78, 5) is 23.6. The third kappa shape index (κ3) is 3.67. The minimum atomic E-state index is -0.198. The van der Waals surface area contributed by atoms with Crippen LogP contribution in [0.5, 0.6) is 0 Å². The van der Waals surface area contributed by atoms with Crippen molar-refractivity contribution in [2.75, 3.05) is 5.32 Å². The molecule has 0 aliphatic carbocycles. The van der Waals surface area contributed by atoms with E-state index in [-0.39, 0.29) is 11.7 Å². The molecule has 0 aliphatic heterocycles. The highest BCUT2D eigenvalue weighted by molar-refractivity contribution is 14.1. The van der Waals surface area contributed by atoms with Crippen LogP contribution in [-0.2, 0) is 0 Å². The maximum absolute atomic E-state index is 12.2. The van der Waals surface area contributed by atoms with Gasteiger partial charge < -0.3 is 5.32 Å². The minimum Gasteiger partial charge on any atom is -0.322 e. The molecular weight excluding hydrogens is 433 g/mol. The maximum atomic E-state index is 12.2. The summed E-state index contributed by atoms with van der Waals surface area (Å²) in [5.74, 6) is -0.227. The van der Waals surface area contributed by atoms with E-state index in [1.165, 1.54) is 6.92 Å². The molecule has 2 rings (SSSR count). The molecule has 102 valence electrons. The first-order chi connectivity index (χ1) is 9.47. The Morgan fingerprint density at radius 3 is 2.60 bits per heavy atom. The second-order valence-electron chi connectivity index (χ2n) is 4.22. The molecule has 0 bridgehead atoms. The Balaban J connectivity index is 2.25. The molecule has 1 N–H and O–H groups in total. The molecule has 0 fully saturated rings. The van der Waals surface area contributed by atoms with Crippen molar-refractivity contribution in [3.8, 4) is 0 Å². The molecule has 0 heterocycles. The predicted octanol–water partition coefficient (Wildman–Crippen LogP) is 4.51. The number of nitrogens with one attached hydrogen (secondary N) is 1. The van der Waals surface area contributed by atoms with Gasteiger partial charge in [-0.15, -0.1) is 0 Å². The van der Waals surface area contributed by atoms with Crippen molar-refractivity contribution in [2.24, 2.45) is 0 Å². The Morgan fingerprint density at radius 1 is 1.15 bits per heavy atom. The van der Waals surface area contributed by atoms with Crippen LogP contribution in [0.25, 0.3) is 0 Å².